The first kappa shape index (κ1) is 11.3. The Hall–Kier alpha value is -1.19. The molecule has 0 radical (unpaired) electrons. The molecular weight excluding hydrogens is 245 g/mol. The molecule has 1 aromatic heterocycles. The van der Waals surface area contributed by atoms with E-state index >= 15 is 0 Å². The van der Waals surface area contributed by atoms with Gasteiger partial charge in [-0.1, -0.05) is 30.3 Å². The van der Waals surface area contributed by atoms with Crippen molar-refractivity contribution in [2.45, 2.75) is 12.8 Å². The fraction of sp³-hybridized carbons (Fsp3) is 0.182. The predicted molar refractivity (Wildman–Crippen MR) is 63.7 cm³/mol. The van der Waals surface area contributed by atoms with Gasteiger partial charge in [-0.15, -0.1) is 0 Å². The standard InChI is InChI=1S/C11H9Cl2N3/c12-10-14-9(15-11(13)16-10)7-6-8-4-2-1-3-5-8/h1-5H,6-7H2. The van der Waals surface area contributed by atoms with Gasteiger partial charge in [-0.05, 0) is 35.2 Å². The summed E-state index contributed by atoms with van der Waals surface area (Å²) in [5.41, 5.74) is 1.23. The third-order valence-electron chi connectivity index (χ3n) is 2.11. The van der Waals surface area contributed by atoms with Crippen LogP contribution in [0.1, 0.15) is 11.4 Å². The minimum Gasteiger partial charge on any atom is -0.203 e. The molecule has 0 aliphatic heterocycles. The Morgan fingerprint density at radius 1 is 0.812 bits per heavy atom. The van der Waals surface area contributed by atoms with Crippen molar-refractivity contribution in [1.82, 2.24) is 15.0 Å². The van der Waals surface area contributed by atoms with Crippen molar-refractivity contribution in [3.05, 3.63) is 52.3 Å². The summed E-state index contributed by atoms with van der Waals surface area (Å²) >= 11 is 11.4. The van der Waals surface area contributed by atoms with E-state index < -0.39 is 0 Å². The van der Waals surface area contributed by atoms with Crippen molar-refractivity contribution in [2.24, 2.45) is 0 Å². The smallest absolute Gasteiger partial charge is 0.203 e. The van der Waals surface area contributed by atoms with Gasteiger partial charge in [0.2, 0.25) is 10.6 Å². The molecule has 0 bridgehead atoms. The van der Waals surface area contributed by atoms with Gasteiger partial charge in [0.25, 0.3) is 0 Å². The molecule has 0 atom stereocenters. The highest BCUT2D eigenvalue weighted by Crippen LogP contribution is 2.09. The molecule has 0 saturated heterocycles. The number of benzene rings is 1. The van der Waals surface area contributed by atoms with Crippen molar-refractivity contribution >= 4 is 23.2 Å². The Labute approximate surface area is 103 Å². The maximum atomic E-state index is 5.69. The fourth-order valence-corrected chi connectivity index (χ4v) is 1.78. The molecule has 5 heteroatoms. The summed E-state index contributed by atoms with van der Waals surface area (Å²) in [6, 6.07) is 10.1. The molecule has 3 nitrogen and oxygen atoms in total. The van der Waals surface area contributed by atoms with Gasteiger partial charge in [0.15, 0.2) is 0 Å². The van der Waals surface area contributed by atoms with Crippen molar-refractivity contribution in [3.8, 4) is 0 Å². The van der Waals surface area contributed by atoms with E-state index in [-0.39, 0.29) is 10.6 Å². The van der Waals surface area contributed by atoms with Crippen LogP contribution in [0.5, 0.6) is 0 Å². The summed E-state index contributed by atoms with van der Waals surface area (Å²) in [7, 11) is 0. The summed E-state index contributed by atoms with van der Waals surface area (Å²) in [6.45, 7) is 0. The number of hydrogen-bond donors (Lipinski definition) is 0. The summed E-state index contributed by atoms with van der Waals surface area (Å²) in [4.78, 5) is 11.7. The van der Waals surface area contributed by atoms with Gasteiger partial charge in [-0.25, -0.2) is 9.97 Å². The van der Waals surface area contributed by atoms with E-state index in [4.69, 9.17) is 23.2 Å². The molecule has 82 valence electrons. The zero-order valence-electron chi connectivity index (χ0n) is 8.40. The Morgan fingerprint density at radius 3 is 2.06 bits per heavy atom. The highest BCUT2D eigenvalue weighted by molar-refractivity contribution is 6.30. The maximum Gasteiger partial charge on any atom is 0.226 e. The van der Waals surface area contributed by atoms with Gasteiger partial charge in [0.05, 0.1) is 0 Å². The molecule has 0 saturated carbocycles. The highest BCUT2D eigenvalue weighted by atomic mass is 35.5. The number of nitrogens with zero attached hydrogens (tertiary/aromatic N) is 3. The second-order valence-electron chi connectivity index (χ2n) is 3.28. The Morgan fingerprint density at radius 2 is 1.44 bits per heavy atom. The molecule has 0 N–H and O–H groups in total. The fourth-order valence-electron chi connectivity index (χ4n) is 1.38. The Bertz CT molecular complexity index is 454. The summed E-state index contributed by atoms with van der Waals surface area (Å²) in [5.74, 6) is 0.619. The zero-order chi connectivity index (χ0) is 11.4. The Kier molecular flexibility index (Phi) is 3.70. The topological polar surface area (TPSA) is 38.7 Å². The molecular formula is C11H9Cl2N3. The molecule has 0 aliphatic carbocycles. The Balaban J connectivity index is 2.05. The minimum atomic E-state index is 0.142. The van der Waals surface area contributed by atoms with Crippen LogP contribution in [0.3, 0.4) is 0 Å². The van der Waals surface area contributed by atoms with Crippen molar-refractivity contribution in [3.63, 3.8) is 0 Å². The van der Waals surface area contributed by atoms with Crippen molar-refractivity contribution < 1.29 is 0 Å². The summed E-state index contributed by atoms with van der Waals surface area (Å²) in [6.07, 6.45) is 1.56. The monoisotopic (exact) mass is 253 g/mol. The van der Waals surface area contributed by atoms with Crippen LogP contribution in [0.25, 0.3) is 0 Å². The molecule has 16 heavy (non-hydrogen) atoms. The predicted octanol–water partition coefficient (Wildman–Crippen LogP) is 2.96. The molecule has 0 spiro atoms. The van der Waals surface area contributed by atoms with Crippen molar-refractivity contribution in [2.75, 3.05) is 0 Å². The molecule has 0 unspecified atom stereocenters. The second-order valence-corrected chi connectivity index (χ2v) is 3.95. The number of aryl methyl sites for hydroxylation is 2. The van der Waals surface area contributed by atoms with Crippen LogP contribution in [0.4, 0.5) is 0 Å². The van der Waals surface area contributed by atoms with E-state index in [2.05, 4.69) is 27.1 Å². The van der Waals surface area contributed by atoms with Crippen LogP contribution < -0.4 is 0 Å². The molecule has 0 aliphatic rings. The van der Waals surface area contributed by atoms with Gasteiger partial charge >= 0.3 is 0 Å². The van der Waals surface area contributed by atoms with E-state index in [0.717, 1.165) is 6.42 Å². The number of hydrogen-bond acceptors (Lipinski definition) is 3. The van der Waals surface area contributed by atoms with E-state index in [1.54, 1.807) is 0 Å². The molecule has 2 aromatic rings. The lowest BCUT2D eigenvalue weighted by atomic mass is 10.1. The summed E-state index contributed by atoms with van der Waals surface area (Å²) < 4.78 is 0. The molecule has 1 aromatic carbocycles. The van der Waals surface area contributed by atoms with Gasteiger partial charge in [-0.2, -0.15) is 4.98 Å². The van der Waals surface area contributed by atoms with Crippen LogP contribution in [0, 0.1) is 0 Å². The average molecular weight is 254 g/mol. The van der Waals surface area contributed by atoms with E-state index in [9.17, 15) is 0 Å². The van der Waals surface area contributed by atoms with Gasteiger partial charge in [0.1, 0.15) is 5.82 Å². The average Bonchev–Trinajstić information content (AvgIpc) is 2.27. The number of aromatic nitrogens is 3. The molecule has 2 rings (SSSR count). The van der Waals surface area contributed by atoms with Gasteiger partial charge in [0, 0.05) is 6.42 Å². The third kappa shape index (κ3) is 3.15. The van der Waals surface area contributed by atoms with E-state index in [1.807, 2.05) is 18.2 Å². The normalized spacial score (nSPS) is 10.4. The number of halogens is 2. The lowest BCUT2D eigenvalue weighted by Crippen LogP contribution is -2.00. The largest absolute Gasteiger partial charge is 0.226 e. The lowest BCUT2D eigenvalue weighted by molar-refractivity contribution is 0.836. The van der Waals surface area contributed by atoms with Gasteiger partial charge in [-0.3, -0.25) is 0 Å². The maximum absolute atomic E-state index is 5.69. The molecule has 1 heterocycles. The molecule has 0 fully saturated rings. The second kappa shape index (κ2) is 5.23. The third-order valence-corrected chi connectivity index (χ3v) is 2.45. The van der Waals surface area contributed by atoms with Crippen LogP contribution in [-0.4, -0.2) is 15.0 Å². The van der Waals surface area contributed by atoms with Crippen LogP contribution in [0.15, 0.2) is 30.3 Å². The first-order valence-electron chi connectivity index (χ1n) is 4.84. The minimum absolute atomic E-state index is 0.142. The van der Waals surface area contributed by atoms with Crippen molar-refractivity contribution in [1.29, 1.82) is 0 Å². The zero-order valence-corrected chi connectivity index (χ0v) is 9.91. The lowest BCUT2D eigenvalue weighted by Gasteiger charge is -2.01. The number of rotatable bonds is 3. The van der Waals surface area contributed by atoms with Crippen LogP contribution in [-0.2, 0) is 12.8 Å². The van der Waals surface area contributed by atoms with Crippen LogP contribution in [0.2, 0.25) is 10.6 Å². The highest BCUT2D eigenvalue weighted by Gasteiger charge is 2.03. The molecule has 0 amide bonds. The van der Waals surface area contributed by atoms with Crippen LogP contribution >= 0.6 is 23.2 Å². The van der Waals surface area contributed by atoms with E-state index in [1.165, 1.54) is 5.56 Å². The van der Waals surface area contributed by atoms with Gasteiger partial charge < -0.3 is 0 Å². The summed E-state index contributed by atoms with van der Waals surface area (Å²) in [5, 5.41) is 0.283. The first-order valence-corrected chi connectivity index (χ1v) is 5.59. The first-order chi connectivity index (χ1) is 7.74. The quantitative estimate of drug-likeness (QED) is 0.845. The SMILES string of the molecule is Clc1nc(Cl)nc(CCc2ccccc2)n1. The van der Waals surface area contributed by atoms with E-state index in [0.29, 0.717) is 12.2 Å².